The van der Waals surface area contributed by atoms with E-state index in [1.54, 1.807) is 6.07 Å². The molecule has 0 saturated carbocycles. The van der Waals surface area contributed by atoms with Gasteiger partial charge in [-0.15, -0.1) is 0 Å². The first-order valence-corrected chi connectivity index (χ1v) is 6.06. The third-order valence-corrected chi connectivity index (χ3v) is 3.42. The van der Waals surface area contributed by atoms with Gasteiger partial charge in [0.25, 0.3) is 5.91 Å². The van der Waals surface area contributed by atoms with Gasteiger partial charge in [-0.1, -0.05) is 28.9 Å². The van der Waals surface area contributed by atoms with E-state index in [4.69, 9.17) is 5.11 Å². The Morgan fingerprint density at radius 3 is 2.81 bits per heavy atom. The molecule has 4 heteroatoms. The first kappa shape index (κ1) is 13.2. The Bertz CT molecular complexity index is 375. The van der Waals surface area contributed by atoms with Crippen LogP contribution in [0, 0.1) is 6.92 Å². The van der Waals surface area contributed by atoms with Gasteiger partial charge in [-0.3, -0.25) is 4.79 Å². The maximum atomic E-state index is 11.9. The Morgan fingerprint density at radius 1 is 1.56 bits per heavy atom. The fraction of sp³-hybridized carbons (Fsp3) is 0.417. The highest BCUT2D eigenvalue weighted by atomic mass is 79.9. The quantitative estimate of drug-likeness (QED) is 0.892. The largest absolute Gasteiger partial charge is 0.394 e. The maximum Gasteiger partial charge on any atom is 0.251 e. The molecule has 0 aliphatic carbocycles. The summed E-state index contributed by atoms with van der Waals surface area (Å²) in [5.41, 5.74) is 1.55. The smallest absolute Gasteiger partial charge is 0.251 e. The fourth-order valence-corrected chi connectivity index (χ4v) is 1.76. The number of nitrogens with one attached hydrogen (secondary N) is 1. The van der Waals surface area contributed by atoms with Crippen LogP contribution in [0.3, 0.4) is 0 Å². The number of amides is 1. The van der Waals surface area contributed by atoms with E-state index in [1.807, 2.05) is 26.0 Å². The van der Waals surface area contributed by atoms with Gasteiger partial charge in [0.05, 0.1) is 12.6 Å². The molecule has 0 aliphatic rings. The zero-order valence-electron chi connectivity index (χ0n) is 9.46. The summed E-state index contributed by atoms with van der Waals surface area (Å²) in [5.74, 6) is -0.139. The molecule has 0 radical (unpaired) electrons. The standard InChI is InChI=1S/C12H16BrNO2/c1-3-9(7-15)14-12(16)10-5-4-6-11(13)8(10)2/h4-6,9,15H,3,7H2,1-2H3,(H,14,16). The minimum absolute atomic E-state index is 0.0324. The Balaban J connectivity index is 2.84. The number of hydrogen-bond donors (Lipinski definition) is 2. The van der Waals surface area contributed by atoms with Gasteiger partial charge >= 0.3 is 0 Å². The van der Waals surface area contributed by atoms with Crippen molar-refractivity contribution in [1.29, 1.82) is 0 Å². The van der Waals surface area contributed by atoms with Crippen LogP contribution in [0.1, 0.15) is 29.3 Å². The lowest BCUT2D eigenvalue weighted by Crippen LogP contribution is -2.37. The molecule has 88 valence electrons. The van der Waals surface area contributed by atoms with Crippen LogP contribution in [0.5, 0.6) is 0 Å². The minimum atomic E-state index is -0.175. The van der Waals surface area contributed by atoms with Crippen LogP contribution in [0.4, 0.5) is 0 Å². The van der Waals surface area contributed by atoms with Crippen molar-refractivity contribution in [1.82, 2.24) is 5.32 Å². The second-order valence-corrected chi connectivity index (χ2v) is 4.53. The molecule has 0 heterocycles. The molecule has 0 aliphatic heterocycles. The highest BCUT2D eigenvalue weighted by Crippen LogP contribution is 2.19. The van der Waals surface area contributed by atoms with E-state index in [1.165, 1.54) is 0 Å². The number of carbonyl (C=O) groups excluding carboxylic acids is 1. The van der Waals surface area contributed by atoms with Gasteiger partial charge in [0.15, 0.2) is 0 Å². The molecule has 1 aromatic rings. The van der Waals surface area contributed by atoms with E-state index in [-0.39, 0.29) is 18.6 Å². The lowest BCUT2D eigenvalue weighted by molar-refractivity contribution is 0.0914. The highest BCUT2D eigenvalue weighted by Gasteiger charge is 2.13. The Labute approximate surface area is 104 Å². The molecule has 0 bridgehead atoms. The third-order valence-electron chi connectivity index (χ3n) is 2.56. The Morgan fingerprint density at radius 2 is 2.25 bits per heavy atom. The summed E-state index contributed by atoms with van der Waals surface area (Å²) < 4.78 is 0.914. The second-order valence-electron chi connectivity index (χ2n) is 3.67. The highest BCUT2D eigenvalue weighted by molar-refractivity contribution is 9.10. The summed E-state index contributed by atoms with van der Waals surface area (Å²) in [6.07, 6.45) is 0.718. The molecular weight excluding hydrogens is 270 g/mol. The maximum absolute atomic E-state index is 11.9. The van der Waals surface area contributed by atoms with Gasteiger partial charge in [-0.05, 0) is 31.0 Å². The number of carbonyl (C=O) groups is 1. The molecule has 0 aromatic heterocycles. The van der Waals surface area contributed by atoms with Crippen molar-refractivity contribution in [2.75, 3.05) is 6.61 Å². The Hall–Kier alpha value is -0.870. The number of hydrogen-bond acceptors (Lipinski definition) is 2. The van der Waals surface area contributed by atoms with E-state index >= 15 is 0 Å². The van der Waals surface area contributed by atoms with E-state index in [0.717, 1.165) is 16.5 Å². The van der Waals surface area contributed by atoms with E-state index in [9.17, 15) is 4.79 Å². The SMILES string of the molecule is CCC(CO)NC(=O)c1cccc(Br)c1C. The van der Waals surface area contributed by atoms with Crippen molar-refractivity contribution < 1.29 is 9.90 Å². The van der Waals surface area contributed by atoms with Crippen LogP contribution in [0.25, 0.3) is 0 Å². The summed E-state index contributed by atoms with van der Waals surface area (Å²) in [7, 11) is 0. The predicted octanol–water partition coefficient (Wildman–Crippen LogP) is 2.26. The predicted molar refractivity (Wildman–Crippen MR) is 67.5 cm³/mol. The zero-order valence-corrected chi connectivity index (χ0v) is 11.0. The summed E-state index contributed by atoms with van der Waals surface area (Å²) in [5, 5.41) is 11.8. The van der Waals surface area contributed by atoms with Gasteiger partial charge < -0.3 is 10.4 Å². The van der Waals surface area contributed by atoms with Crippen LogP contribution < -0.4 is 5.32 Å². The van der Waals surface area contributed by atoms with Crippen molar-refractivity contribution >= 4 is 21.8 Å². The number of halogens is 1. The lowest BCUT2D eigenvalue weighted by atomic mass is 10.1. The number of aliphatic hydroxyl groups excluding tert-OH is 1. The van der Waals surface area contributed by atoms with Crippen LogP contribution >= 0.6 is 15.9 Å². The van der Waals surface area contributed by atoms with Crippen molar-refractivity contribution in [3.8, 4) is 0 Å². The van der Waals surface area contributed by atoms with Crippen molar-refractivity contribution in [3.63, 3.8) is 0 Å². The monoisotopic (exact) mass is 285 g/mol. The molecule has 16 heavy (non-hydrogen) atoms. The Kier molecular flexibility index (Phi) is 4.96. The van der Waals surface area contributed by atoms with Crippen LogP contribution in [0.2, 0.25) is 0 Å². The van der Waals surface area contributed by atoms with Crippen LogP contribution in [-0.2, 0) is 0 Å². The van der Waals surface area contributed by atoms with E-state index in [2.05, 4.69) is 21.2 Å². The molecule has 1 rings (SSSR count). The average molecular weight is 286 g/mol. The molecule has 0 spiro atoms. The third kappa shape index (κ3) is 3.06. The first-order valence-electron chi connectivity index (χ1n) is 5.27. The van der Waals surface area contributed by atoms with Crippen molar-refractivity contribution in [3.05, 3.63) is 33.8 Å². The molecule has 1 unspecified atom stereocenters. The van der Waals surface area contributed by atoms with E-state index < -0.39 is 0 Å². The molecule has 0 saturated heterocycles. The van der Waals surface area contributed by atoms with Gasteiger partial charge in [-0.25, -0.2) is 0 Å². The molecule has 1 aromatic carbocycles. The van der Waals surface area contributed by atoms with Crippen LogP contribution in [0.15, 0.2) is 22.7 Å². The fourth-order valence-electron chi connectivity index (χ4n) is 1.39. The summed E-state index contributed by atoms with van der Waals surface area (Å²) >= 11 is 3.39. The molecule has 0 fully saturated rings. The van der Waals surface area contributed by atoms with Gasteiger partial charge in [0.1, 0.15) is 0 Å². The summed E-state index contributed by atoms with van der Waals surface area (Å²) in [6.45, 7) is 3.78. The number of aliphatic hydroxyl groups is 1. The molecule has 2 N–H and O–H groups in total. The summed E-state index contributed by atoms with van der Waals surface area (Å²) in [4.78, 5) is 11.9. The van der Waals surface area contributed by atoms with Gasteiger partial charge in [0.2, 0.25) is 0 Å². The number of benzene rings is 1. The van der Waals surface area contributed by atoms with Crippen molar-refractivity contribution in [2.24, 2.45) is 0 Å². The zero-order chi connectivity index (χ0) is 12.1. The molecule has 1 amide bonds. The normalized spacial score (nSPS) is 12.2. The minimum Gasteiger partial charge on any atom is -0.394 e. The second kappa shape index (κ2) is 6.01. The van der Waals surface area contributed by atoms with Gasteiger partial charge in [-0.2, -0.15) is 0 Å². The van der Waals surface area contributed by atoms with Crippen molar-refractivity contribution in [2.45, 2.75) is 26.3 Å². The topological polar surface area (TPSA) is 49.3 Å². The molecule has 3 nitrogen and oxygen atoms in total. The molecular formula is C12H16BrNO2. The van der Waals surface area contributed by atoms with Gasteiger partial charge in [0, 0.05) is 10.0 Å². The van der Waals surface area contributed by atoms with Crippen LogP contribution in [-0.4, -0.2) is 23.7 Å². The number of rotatable bonds is 4. The average Bonchev–Trinajstić information content (AvgIpc) is 2.29. The first-order chi connectivity index (χ1) is 7.60. The van der Waals surface area contributed by atoms with E-state index in [0.29, 0.717) is 5.56 Å². The molecule has 1 atom stereocenters. The lowest BCUT2D eigenvalue weighted by Gasteiger charge is -2.15. The summed E-state index contributed by atoms with van der Waals surface area (Å²) in [6, 6.07) is 5.33.